The second-order valence-corrected chi connectivity index (χ2v) is 3.08. The quantitative estimate of drug-likeness (QED) is 0.584. The normalized spacial score (nSPS) is 27.6. The Morgan fingerprint density at radius 3 is 2.90 bits per heavy atom. The van der Waals surface area contributed by atoms with Gasteiger partial charge in [-0.25, -0.2) is 0 Å². The van der Waals surface area contributed by atoms with Crippen LogP contribution in [-0.4, -0.2) is 38.3 Å². The minimum absolute atomic E-state index is 0.796. The molecule has 0 N–H and O–H groups in total. The number of hydrogen-bond donors (Lipinski definition) is 0. The van der Waals surface area contributed by atoms with Crippen molar-refractivity contribution in [2.45, 2.75) is 13.3 Å². The molecule has 0 aromatic heterocycles. The molecule has 1 heterocycles. The molecule has 0 aromatic carbocycles. The molecule has 0 aromatic rings. The second kappa shape index (κ2) is 3.94. The number of ether oxygens (including phenoxy) is 1. The van der Waals surface area contributed by atoms with Crippen molar-refractivity contribution in [3.63, 3.8) is 0 Å². The molecule has 0 unspecified atom stereocenters. The lowest BCUT2D eigenvalue weighted by atomic mass is 10.1. The highest BCUT2D eigenvalue weighted by Gasteiger charge is 2.18. The number of rotatable bonds is 3. The standard InChI is InChI=1S/C8H17NO/c1-3-10-7-8-4-5-9(2)6-8/h8H,3-7H2,1-2H3/t8-/m1/s1. The summed E-state index contributed by atoms with van der Waals surface area (Å²) >= 11 is 0. The first-order valence-electron chi connectivity index (χ1n) is 4.09. The second-order valence-electron chi connectivity index (χ2n) is 3.08. The summed E-state index contributed by atoms with van der Waals surface area (Å²) in [4.78, 5) is 2.36. The zero-order valence-corrected chi connectivity index (χ0v) is 6.97. The lowest BCUT2D eigenvalue weighted by molar-refractivity contribution is 0.113. The van der Waals surface area contributed by atoms with Gasteiger partial charge in [-0.2, -0.15) is 0 Å². The van der Waals surface area contributed by atoms with Crippen LogP contribution in [0.2, 0.25) is 0 Å². The van der Waals surface area contributed by atoms with Crippen LogP contribution in [0.5, 0.6) is 0 Å². The first-order valence-corrected chi connectivity index (χ1v) is 4.09. The Labute approximate surface area is 63.2 Å². The van der Waals surface area contributed by atoms with Gasteiger partial charge in [0, 0.05) is 13.2 Å². The zero-order valence-electron chi connectivity index (χ0n) is 6.97. The summed E-state index contributed by atoms with van der Waals surface area (Å²) in [5.74, 6) is 0.796. The van der Waals surface area contributed by atoms with Crippen molar-refractivity contribution in [2.24, 2.45) is 5.92 Å². The summed E-state index contributed by atoms with van der Waals surface area (Å²) in [6, 6.07) is 0. The van der Waals surface area contributed by atoms with Crippen LogP contribution in [0.1, 0.15) is 13.3 Å². The molecule has 0 radical (unpaired) electrons. The topological polar surface area (TPSA) is 12.5 Å². The third-order valence-electron chi connectivity index (χ3n) is 2.05. The molecule has 10 heavy (non-hydrogen) atoms. The minimum Gasteiger partial charge on any atom is -0.381 e. The fourth-order valence-electron chi connectivity index (χ4n) is 1.45. The summed E-state index contributed by atoms with van der Waals surface area (Å²) in [5.41, 5.74) is 0. The highest BCUT2D eigenvalue weighted by atomic mass is 16.5. The molecule has 1 atom stereocenters. The van der Waals surface area contributed by atoms with Crippen LogP contribution in [-0.2, 0) is 4.74 Å². The molecular formula is C8H17NO. The van der Waals surface area contributed by atoms with E-state index in [1.54, 1.807) is 0 Å². The fraction of sp³-hybridized carbons (Fsp3) is 1.00. The SMILES string of the molecule is CCOC[C@@H]1CCN(C)C1. The van der Waals surface area contributed by atoms with Crippen molar-refractivity contribution >= 4 is 0 Å². The fourth-order valence-corrected chi connectivity index (χ4v) is 1.45. The predicted molar refractivity (Wildman–Crippen MR) is 42.1 cm³/mol. The lowest BCUT2D eigenvalue weighted by Crippen LogP contribution is -2.16. The summed E-state index contributed by atoms with van der Waals surface area (Å²) in [5, 5.41) is 0. The Bertz CT molecular complexity index is 95.3. The largest absolute Gasteiger partial charge is 0.381 e. The Balaban J connectivity index is 2.06. The van der Waals surface area contributed by atoms with E-state index < -0.39 is 0 Å². The van der Waals surface area contributed by atoms with Crippen LogP contribution in [0.3, 0.4) is 0 Å². The lowest BCUT2D eigenvalue weighted by Gasteiger charge is -2.09. The average molecular weight is 143 g/mol. The molecule has 1 aliphatic heterocycles. The van der Waals surface area contributed by atoms with Crippen molar-refractivity contribution in [1.82, 2.24) is 4.90 Å². The Kier molecular flexibility index (Phi) is 3.16. The van der Waals surface area contributed by atoms with Crippen molar-refractivity contribution in [2.75, 3.05) is 33.4 Å². The molecule has 2 nitrogen and oxygen atoms in total. The van der Waals surface area contributed by atoms with Crippen LogP contribution >= 0.6 is 0 Å². The maximum absolute atomic E-state index is 5.34. The average Bonchev–Trinajstić information content (AvgIpc) is 2.31. The molecule has 60 valence electrons. The van der Waals surface area contributed by atoms with E-state index in [0.717, 1.165) is 19.1 Å². The molecule has 0 spiro atoms. The molecule has 0 aliphatic carbocycles. The highest BCUT2D eigenvalue weighted by molar-refractivity contribution is 4.71. The van der Waals surface area contributed by atoms with Gasteiger partial charge in [-0.3, -0.25) is 0 Å². The van der Waals surface area contributed by atoms with Gasteiger partial charge in [-0.05, 0) is 32.9 Å². The number of hydrogen-bond acceptors (Lipinski definition) is 2. The summed E-state index contributed by atoms with van der Waals surface area (Å²) in [6.07, 6.45) is 1.32. The van der Waals surface area contributed by atoms with E-state index in [4.69, 9.17) is 4.74 Å². The molecule has 1 saturated heterocycles. The van der Waals surface area contributed by atoms with Gasteiger partial charge >= 0.3 is 0 Å². The Morgan fingerprint density at radius 1 is 1.60 bits per heavy atom. The van der Waals surface area contributed by atoms with Gasteiger partial charge in [0.25, 0.3) is 0 Å². The van der Waals surface area contributed by atoms with Crippen molar-refractivity contribution < 1.29 is 4.74 Å². The van der Waals surface area contributed by atoms with Crippen LogP contribution < -0.4 is 0 Å². The molecule has 2 heteroatoms. The monoisotopic (exact) mass is 143 g/mol. The van der Waals surface area contributed by atoms with E-state index in [9.17, 15) is 0 Å². The zero-order chi connectivity index (χ0) is 7.40. The van der Waals surface area contributed by atoms with Crippen molar-refractivity contribution in [3.8, 4) is 0 Å². The van der Waals surface area contributed by atoms with Crippen molar-refractivity contribution in [1.29, 1.82) is 0 Å². The summed E-state index contributed by atoms with van der Waals surface area (Å²) < 4.78 is 5.34. The summed E-state index contributed by atoms with van der Waals surface area (Å²) in [7, 11) is 2.17. The number of likely N-dealkylation sites (tertiary alicyclic amines) is 1. The van der Waals surface area contributed by atoms with E-state index in [0.29, 0.717) is 0 Å². The maximum Gasteiger partial charge on any atom is 0.0506 e. The van der Waals surface area contributed by atoms with E-state index in [1.165, 1.54) is 19.5 Å². The first kappa shape index (κ1) is 8.02. The van der Waals surface area contributed by atoms with E-state index in [1.807, 2.05) is 0 Å². The summed E-state index contributed by atoms with van der Waals surface area (Å²) in [6.45, 7) is 6.34. The van der Waals surface area contributed by atoms with E-state index in [2.05, 4.69) is 18.9 Å². The van der Waals surface area contributed by atoms with Gasteiger partial charge in [0.15, 0.2) is 0 Å². The van der Waals surface area contributed by atoms with Gasteiger partial charge in [0.05, 0.1) is 6.61 Å². The Morgan fingerprint density at radius 2 is 2.40 bits per heavy atom. The third-order valence-corrected chi connectivity index (χ3v) is 2.05. The van der Waals surface area contributed by atoms with Gasteiger partial charge in [0.2, 0.25) is 0 Å². The maximum atomic E-state index is 5.34. The van der Waals surface area contributed by atoms with Crippen LogP contribution in [0.25, 0.3) is 0 Å². The van der Waals surface area contributed by atoms with Crippen LogP contribution in [0.15, 0.2) is 0 Å². The van der Waals surface area contributed by atoms with Crippen LogP contribution in [0, 0.1) is 5.92 Å². The van der Waals surface area contributed by atoms with Gasteiger partial charge in [0.1, 0.15) is 0 Å². The van der Waals surface area contributed by atoms with Crippen LogP contribution in [0.4, 0.5) is 0 Å². The van der Waals surface area contributed by atoms with Gasteiger partial charge < -0.3 is 9.64 Å². The van der Waals surface area contributed by atoms with Crippen molar-refractivity contribution in [3.05, 3.63) is 0 Å². The molecule has 0 amide bonds. The minimum atomic E-state index is 0.796. The molecular weight excluding hydrogens is 126 g/mol. The number of nitrogens with zero attached hydrogens (tertiary/aromatic N) is 1. The molecule has 1 aliphatic rings. The molecule has 0 saturated carbocycles. The third kappa shape index (κ3) is 2.27. The molecule has 0 bridgehead atoms. The van der Waals surface area contributed by atoms with E-state index >= 15 is 0 Å². The molecule has 1 rings (SSSR count). The van der Waals surface area contributed by atoms with E-state index in [-0.39, 0.29) is 0 Å². The van der Waals surface area contributed by atoms with Gasteiger partial charge in [-0.1, -0.05) is 0 Å². The first-order chi connectivity index (χ1) is 4.83. The molecule has 1 fully saturated rings. The predicted octanol–water partition coefficient (Wildman–Crippen LogP) is 0.975. The van der Waals surface area contributed by atoms with Gasteiger partial charge in [-0.15, -0.1) is 0 Å². The highest BCUT2D eigenvalue weighted by Crippen LogP contribution is 2.13. The Hall–Kier alpha value is -0.0800. The smallest absolute Gasteiger partial charge is 0.0506 e.